The molecule has 0 aliphatic heterocycles. The third-order valence-electron chi connectivity index (χ3n) is 3.94. The number of hydrogen-bond donors (Lipinski definition) is 2. The second-order valence-electron chi connectivity index (χ2n) is 5.65. The molecule has 0 radical (unpaired) electrons. The molecule has 0 bridgehead atoms. The fourth-order valence-electron chi connectivity index (χ4n) is 2.76. The van der Waals surface area contributed by atoms with Crippen LogP contribution in [0.4, 0.5) is 11.5 Å². The Kier molecular flexibility index (Phi) is 4.14. The zero-order valence-electron chi connectivity index (χ0n) is 13.6. The summed E-state index contributed by atoms with van der Waals surface area (Å²) in [5, 5.41) is 7.71. The fourth-order valence-corrected chi connectivity index (χ4v) is 3.02. The Morgan fingerprint density at radius 3 is 2.46 bits per heavy atom. The van der Waals surface area contributed by atoms with Crippen LogP contribution in [0.3, 0.4) is 0 Å². The van der Waals surface area contributed by atoms with Gasteiger partial charge in [-0.2, -0.15) is 0 Å². The summed E-state index contributed by atoms with van der Waals surface area (Å²) in [5.74, 6) is -0.209. The predicted octanol–water partition coefficient (Wildman–Crippen LogP) is 4.00. The van der Waals surface area contributed by atoms with E-state index in [1.165, 1.54) is 0 Å². The van der Waals surface area contributed by atoms with Crippen molar-refractivity contribution in [1.29, 1.82) is 0 Å². The second kappa shape index (κ2) is 6.61. The monoisotopic (exact) mass is 407 g/mol. The van der Waals surface area contributed by atoms with Crippen LogP contribution < -0.4 is 11.1 Å². The van der Waals surface area contributed by atoms with Crippen LogP contribution in [0.25, 0.3) is 16.9 Å². The number of nitrogens with zero attached hydrogens (tertiary/aromatic N) is 3. The molecule has 0 saturated carbocycles. The summed E-state index contributed by atoms with van der Waals surface area (Å²) in [6.45, 7) is 0. The van der Waals surface area contributed by atoms with Crippen molar-refractivity contribution in [1.82, 2.24) is 14.6 Å². The van der Waals surface area contributed by atoms with Gasteiger partial charge in [-0.15, -0.1) is 5.10 Å². The Morgan fingerprint density at radius 1 is 1.04 bits per heavy atom. The van der Waals surface area contributed by atoms with Gasteiger partial charge in [-0.05, 0) is 30.3 Å². The predicted molar refractivity (Wildman–Crippen MR) is 104 cm³/mol. The normalized spacial score (nSPS) is 10.8. The number of nitrogens with one attached hydrogen (secondary N) is 1. The third kappa shape index (κ3) is 2.93. The number of aromatic nitrogens is 3. The minimum atomic E-state index is -0.584. The standard InChI is InChI=1S/C19H14BrN5O/c20-13-8-6-12(7-9-13)15-10-11-22-19-16(17(21)26)18(24-25(15)19)23-14-4-2-1-3-5-14/h1-11H,(H2,21,26)(H,23,24). The maximum Gasteiger partial charge on any atom is 0.256 e. The van der Waals surface area contributed by atoms with Crippen molar-refractivity contribution in [2.45, 2.75) is 0 Å². The van der Waals surface area contributed by atoms with Gasteiger partial charge in [-0.25, -0.2) is 9.50 Å². The molecule has 0 fully saturated rings. The first-order chi connectivity index (χ1) is 12.6. The lowest BCUT2D eigenvalue weighted by Crippen LogP contribution is -2.13. The highest BCUT2D eigenvalue weighted by atomic mass is 79.9. The maximum atomic E-state index is 12.1. The summed E-state index contributed by atoms with van der Waals surface area (Å²) in [6, 6.07) is 19.2. The molecule has 4 aromatic rings. The lowest BCUT2D eigenvalue weighted by atomic mass is 10.1. The van der Waals surface area contributed by atoms with E-state index in [9.17, 15) is 4.79 Å². The van der Waals surface area contributed by atoms with E-state index in [0.717, 1.165) is 21.4 Å². The molecule has 26 heavy (non-hydrogen) atoms. The number of benzene rings is 2. The van der Waals surface area contributed by atoms with Gasteiger partial charge < -0.3 is 11.1 Å². The first-order valence-electron chi connectivity index (χ1n) is 7.89. The van der Waals surface area contributed by atoms with Crippen molar-refractivity contribution in [2.75, 3.05) is 5.32 Å². The number of halogens is 1. The summed E-state index contributed by atoms with van der Waals surface area (Å²) in [4.78, 5) is 16.4. The van der Waals surface area contributed by atoms with Gasteiger partial charge in [0.1, 0.15) is 5.56 Å². The van der Waals surface area contributed by atoms with E-state index in [-0.39, 0.29) is 5.56 Å². The summed E-state index contributed by atoms with van der Waals surface area (Å²) in [7, 11) is 0. The van der Waals surface area contributed by atoms with Crippen molar-refractivity contribution in [3.63, 3.8) is 0 Å². The zero-order chi connectivity index (χ0) is 18.1. The van der Waals surface area contributed by atoms with Crippen molar-refractivity contribution in [3.05, 3.63) is 76.9 Å². The lowest BCUT2D eigenvalue weighted by Gasteiger charge is -2.04. The Labute approximate surface area is 157 Å². The number of nitrogens with two attached hydrogens (primary N) is 1. The average Bonchev–Trinajstić information content (AvgIpc) is 3.01. The number of fused-ring (bicyclic) bond motifs is 1. The molecule has 7 heteroatoms. The van der Waals surface area contributed by atoms with Crippen LogP contribution in [0, 0.1) is 0 Å². The Hall–Kier alpha value is -3.19. The molecular formula is C19H14BrN5O. The van der Waals surface area contributed by atoms with E-state index in [1.54, 1.807) is 10.7 Å². The highest BCUT2D eigenvalue weighted by molar-refractivity contribution is 9.10. The highest BCUT2D eigenvalue weighted by Crippen LogP contribution is 2.27. The van der Waals surface area contributed by atoms with Crippen molar-refractivity contribution < 1.29 is 4.79 Å². The minimum Gasteiger partial charge on any atom is -0.365 e. The molecule has 2 heterocycles. The molecule has 0 aliphatic carbocycles. The molecule has 0 spiro atoms. The van der Waals surface area contributed by atoms with Gasteiger partial charge in [0.2, 0.25) is 0 Å². The van der Waals surface area contributed by atoms with Crippen LogP contribution >= 0.6 is 15.9 Å². The largest absolute Gasteiger partial charge is 0.365 e. The number of amides is 1. The van der Waals surface area contributed by atoms with Gasteiger partial charge in [0.05, 0.1) is 5.69 Å². The summed E-state index contributed by atoms with van der Waals surface area (Å²) < 4.78 is 2.62. The van der Waals surface area contributed by atoms with E-state index < -0.39 is 5.91 Å². The summed E-state index contributed by atoms with van der Waals surface area (Å²) in [5.41, 5.74) is 8.85. The van der Waals surface area contributed by atoms with Crippen molar-refractivity contribution >= 4 is 39.0 Å². The van der Waals surface area contributed by atoms with Gasteiger partial charge in [0, 0.05) is 21.9 Å². The number of anilines is 2. The van der Waals surface area contributed by atoms with Gasteiger partial charge in [0.25, 0.3) is 5.91 Å². The first-order valence-corrected chi connectivity index (χ1v) is 8.68. The van der Waals surface area contributed by atoms with E-state index in [0.29, 0.717) is 11.5 Å². The molecule has 0 aliphatic rings. The minimum absolute atomic E-state index is 0.257. The molecule has 0 unspecified atom stereocenters. The summed E-state index contributed by atoms with van der Waals surface area (Å²) >= 11 is 3.43. The topological polar surface area (TPSA) is 85.3 Å². The first kappa shape index (κ1) is 16.3. The Bertz CT molecular complexity index is 1090. The molecule has 1 amide bonds. The molecule has 3 N–H and O–H groups in total. The Morgan fingerprint density at radius 2 is 1.77 bits per heavy atom. The number of carbonyl (C=O) groups excluding carboxylic acids is 1. The quantitative estimate of drug-likeness (QED) is 0.535. The molecule has 2 aromatic heterocycles. The average molecular weight is 408 g/mol. The molecule has 6 nitrogen and oxygen atoms in total. The van der Waals surface area contributed by atoms with Gasteiger partial charge in [-0.1, -0.05) is 46.3 Å². The Balaban J connectivity index is 1.90. The van der Waals surface area contributed by atoms with Gasteiger partial charge in [-0.3, -0.25) is 4.79 Å². The smallest absolute Gasteiger partial charge is 0.256 e. The molecule has 2 aromatic carbocycles. The maximum absolute atomic E-state index is 12.1. The molecule has 0 saturated heterocycles. The van der Waals surface area contributed by atoms with E-state index in [4.69, 9.17) is 5.73 Å². The summed E-state index contributed by atoms with van der Waals surface area (Å²) in [6.07, 6.45) is 1.65. The van der Waals surface area contributed by atoms with E-state index in [2.05, 4.69) is 31.3 Å². The van der Waals surface area contributed by atoms with Gasteiger partial charge in [0.15, 0.2) is 11.5 Å². The van der Waals surface area contributed by atoms with Crippen LogP contribution in [-0.2, 0) is 0 Å². The SMILES string of the molecule is NC(=O)c1c(Nc2ccccc2)nn2c(-c3ccc(Br)cc3)ccnc12. The fraction of sp³-hybridized carbons (Fsp3) is 0. The van der Waals surface area contributed by atoms with Crippen molar-refractivity contribution in [3.8, 4) is 11.3 Å². The van der Waals surface area contributed by atoms with Crippen LogP contribution in [0.1, 0.15) is 10.4 Å². The van der Waals surface area contributed by atoms with Crippen LogP contribution in [0.2, 0.25) is 0 Å². The number of rotatable bonds is 4. The molecular weight excluding hydrogens is 394 g/mol. The van der Waals surface area contributed by atoms with Crippen LogP contribution in [0.15, 0.2) is 71.3 Å². The number of hydrogen-bond acceptors (Lipinski definition) is 4. The lowest BCUT2D eigenvalue weighted by molar-refractivity contribution is 0.100. The number of primary amides is 1. The second-order valence-corrected chi connectivity index (χ2v) is 6.57. The molecule has 0 atom stereocenters. The van der Waals surface area contributed by atoms with Crippen molar-refractivity contribution in [2.24, 2.45) is 5.73 Å². The van der Waals surface area contributed by atoms with Crippen LogP contribution in [0.5, 0.6) is 0 Å². The molecule has 128 valence electrons. The van der Waals surface area contributed by atoms with Gasteiger partial charge >= 0.3 is 0 Å². The number of carbonyl (C=O) groups is 1. The van der Waals surface area contributed by atoms with E-state index >= 15 is 0 Å². The van der Waals surface area contributed by atoms with Crippen LogP contribution in [-0.4, -0.2) is 20.5 Å². The number of para-hydroxylation sites is 1. The highest BCUT2D eigenvalue weighted by Gasteiger charge is 2.21. The van der Waals surface area contributed by atoms with E-state index in [1.807, 2.05) is 60.7 Å². The molecule has 4 rings (SSSR count). The third-order valence-corrected chi connectivity index (χ3v) is 4.47. The zero-order valence-corrected chi connectivity index (χ0v) is 15.1.